The topological polar surface area (TPSA) is 224 Å². The van der Waals surface area contributed by atoms with Crippen LogP contribution in [0.5, 0.6) is 0 Å². The number of nitrogens with one attached hydrogen (secondary N) is 1. The van der Waals surface area contributed by atoms with Gasteiger partial charge < -0.3 is 31.8 Å². The summed E-state index contributed by atoms with van der Waals surface area (Å²) in [6, 6.07) is 17.9. The molecule has 0 heterocycles. The highest BCUT2D eigenvalue weighted by atomic mass is 79.9. The minimum absolute atomic E-state index is 0.231. The van der Waals surface area contributed by atoms with Crippen LogP contribution < -0.4 is 22.5 Å². The van der Waals surface area contributed by atoms with Gasteiger partial charge in [-0.1, -0.05) is 104 Å². The quantitative estimate of drug-likeness (QED) is 0.0902. The number of nitrogens with zero attached hydrogens (tertiary/aromatic N) is 3. The van der Waals surface area contributed by atoms with E-state index in [1.807, 2.05) is 108 Å². The summed E-state index contributed by atoms with van der Waals surface area (Å²) in [4.78, 5) is 64.7. The molecule has 8 N–H and O–H groups in total. The van der Waals surface area contributed by atoms with Gasteiger partial charge in [-0.05, 0) is 64.8 Å². The molecule has 2 unspecified atom stereocenters. The number of aliphatic carboxylic acids is 1. The maximum absolute atomic E-state index is 12.6. The van der Waals surface area contributed by atoms with Crippen LogP contribution in [0.4, 0.5) is 4.79 Å². The zero-order valence-corrected chi connectivity index (χ0v) is 36.5. The minimum Gasteiger partial charge on any atom is -0.480 e. The molecule has 5 amide bonds. The van der Waals surface area contributed by atoms with Crippen LogP contribution in [-0.4, -0.2) is 123 Å². The van der Waals surface area contributed by atoms with E-state index in [-0.39, 0.29) is 50.8 Å². The number of alkyl halides is 1. The molecule has 0 spiro atoms. The van der Waals surface area contributed by atoms with Gasteiger partial charge in [-0.3, -0.25) is 39.2 Å². The average Bonchev–Trinajstić information content (AvgIpc) is 3.15. The molecule has 0 bridgehead atoms. The van der Waals surface area contributed by atoms with Crippen LogP contribution in [0.3, 0.4) is 0 Å². The van der Waals surface area contributed by atoms with E-state index in [2.05, 4.69) is 15.9 Å². The number of benzene rings is 2. The van der Waals surface area contributed by atoms with Crippen molar-refractivity contribution in [3.8, 4) is 0 Å². The summed E-state index contributed by atoms with van der Waals surface area (Å²) in [5.41, 5.74) is 16.4. The summed E-state index contributed by atoms with van der Waals surface area (Å²) in [5, 5.41) is 12.0. The van der Waals surface area contributed by atoms with E-state index in [9.17, 15) is 29.1 Å². The van der Waals surface area contributed by atoms with Crippen LogP contribution >= 0.6 is 15.9 Å². The largest absolute Gasteiger partial charge is 0.480 e. The molecule has 2 atom stereocenters. The van der Waals surface area contributed by atoms with Crippen molar-refractivity contribution in [2.75, 3.05) is 45.9 Å². The number of carboxylic acid groups (broad SMARTS) is 1. The van der Waals surface area contributed by atoms with Crippen molar-refractivity contribution in [3.05, 3.63) is 71.8 Å². The molecular formula is C41H66BrN7O8. The van der Waals surface area contributed by atoms with E-state index in [4.69, 9.17) is 26.7 Å². The lowest BCUT2D eigenvalue weighted by Gasteiger charge is -2.45. The number of hydrogen-bond donors (Lipinski definition) is 5. The molecule has 0 aromatic heterocycles. The number of carbonyl (C=O) groups is 5. The van der Waals surface area contributed by atoms with Gasteiger partial charge >= 0.3 is 12.0 Å². The van der Waals surface area contributed by atoms with Gasteiger partial charge in [-0.25, -0.2) is 4.79 Å². The molecule has 0 aliphatic carbocycles. The fourth-order valence-corrected chi connectivity index (χ4v) is 6.64. The third kappa shape index (κ3) is 16.8. The van der Waals surface area contributed by atoms with E-state index in [0.29, 0.717) is 39.1 Å². The molecule has 0 aliphatic rings. The minimum atomic E-state index is -1.02. The molecule has 2 aromatic rings. The van der Waals surface area contributed by atoms with E-state index in [0.717, 1.165) is 11.1 Å². The molecule has 2 rings (SSSR count). The lowest BCUT2D eigenvalue weighted by Crippen LogP contribution is -2.63. The summed E-state index contributed by atoms with van der Waals surface area (Å²) in [5.74, 6) is -2.36. The maximum atomic E-state index is 12.6. The molecule has 0 radical (unpaired) electrons. The van der Waals surface area contributed by atoms with Gasteiger partial charge in [0, 0.05) is 25.2 Å². The molecular weight excluding hydrogens is 798 g/mol. The molecule has 16 heteroatoms. The van der Waals surface area contributed by atoms with Crippen molar-refractivity contribution in [3.63, 3.8) is 0 Å². The molecule has 0 aliphatic heterocycles. The van der Waals surface area contributed by atoms with Crippen molar-refractivity contribution >= 4 is 45.7 Å². The number of carboxylic acids is 1. The first-order valence-electron chi connectivity index (χ1n) is 19.3. The second-order valence-corrected chi connectivity index (χ2v) is 16.3. The number of primary amides is 3. The number of likely N-dealkylation sites (N-methyl/N-ethyl adjacent to an activating group) is 2. The Labute approximate surface area is 347 Å². The molecule has 2 aromatic carbocycles. The monoisotopic (exact) mass is 863 g/mol. The Balaban J connectivity index is 0.00000116. The second-order valence-electron chi connectivity index (χ2n) is 14.8. The first kappa shape index (κ1) is 51.1. The number of rotatable bonds is 25. The number of imide groups is 1. The van der Waals surface area contributed by atoms with Crippen LogP contribution in [0.1, 0.15) is 79.4 Å². The van der Waals surface area contributed by atoms with Crippen molar-refractivity contribution < 1.29 is 38.6 Å². The molecule has 0 saturated carbocycles. The number of ether oxygens (including phenoxy) is 2. The third-order valence-corrected chi connectivity index (χ3v) is 11.6. The van der Waals surface area contributed by atoms with Gasteiger partial charge in [0.2, 0.25) is 17.7 Å². The molecule has 0 fully saturated rings. The number of amides is 5. The standard InChI is InChI=1S/C34H53N5O6.C7H13BrN2O2/c1-7-38(33(3,4)31(35)42)28(24-44-22-26-15-11-9-12-16-26)19-37(21-30(40)41)20-29(39(8-2)34(5,6)32(36)43)25-45-23-27-17-13-10-14-18-27;1-3-7(8,4-2)5(11)10-6(9)12/h9-18,28-29H,7-8,19-25H2,1-6H3,(H2,35,42)(H2,36,43)(H,40,41);3-4H2,1-2H3,(H3,9,10,11,12). The molecule has 320 valence electrons. The van der Waals surface area contributed by atoms with Crippen molar-refractivity contribution in [2.45, 2.75) is 109 Å². The first-order chi connectivity index (χ1) is 26.7. The van der Waals surface area contributed by atoms with Gasteiger partial charge in [0.15, 0.2) is 0 Å². The van der Waals surface area contributed by atoms with Crippen LogP contribution in [0, 0.1) is 0 Å². The maximum Gasteiger partial charge on any atom is 0.318 e. The number of halogens is 1. The van der Waals surface area contributed by atoms with Gasteiger partial charge in [-0.2, -0.15) is 0 Å². The van der Waals surface area contributed by atoms with E-state index < -0.39 is 39.2 Å². The summed E-state index contributed by atoms with van der Waals surface area (Å²) in [6.45, 7) is 17.0. The Bertz CT molecular complexity index is 1460. The summed E-state index contributed by atoms with van der Waals surface area (Å²) in [7, 11) is 0. The Morgan fingerprint density at radius 1 is 0.702 bits per heavy atom. The lowest BCUT2D eigenvalue weighted by atomic mass is 9.98. The molecule has 57 heavy (non-hydrogen) atoms. The Hall–Kier alpha value is -3.93. The Kier molecular flexibility index (Phi) is 22.2. The Morgan fingerprint density at radius 3 is 1.35 bits per heavy atom. The smallest absolute Gasteiger partial charge is 0.318 e. The Morgan fingerprint density at radius 2 is 1.07 bits per heavy atom. The van der Waals surface area contributed by atoms with Crippen molar-refractivity contribution in [1.82, 2.24) is 20.0 Å². The highest BCUT2D eigenvalue weighted by molar-refractivity contribution is 9.10. The van der Waals surface area contributed by atoms with Gasteiger partial charge in [0.25, 0.3) is 0 Å². The second kappa shape index (κ2) is 24.8. The normalized spacial score (nSPS) is 13.1. The first-order valence-corrected chi connectivity index (χ1v) is 20.1. The summed E-state index contributed by atoms with van der Waals surface area (Å²) in [6.07, 6.45) is 1.23. The van der Waals surface area contributed by atoms with Crippen LogP contribution in [-0.2, 0) is 41.9 Å². The number of hydrogen-bond acceptors (Lipinski definition) is 10. The zero-order valence-electron chi connectivity index (χ0n) is 35.0. The SMILES string of the molecule is CCC(Br)(CC)C(=O)NC(N)=O.CCN(C(COCc1ccccc1)CN(CC(=O)O)CC(COCc1ccccc1)N(CC)C(C)(C)C(N)=O)C(C)(C)C(N)=O. The predicted molar refractivity (Wildman–Crippen MR) is 225 cm³/mol. The summed E-state index contributed by atoms with van der Waals surface area (Å²) >= 11 is 3.26. The average molecular weight is 865 g/mol. The van der Waals surface area contributed by atoms with Gasteiger partial charge in [0.1, 0.15) is 4.32 Å². The molecule has 15 nitrogen and oxygen atoms in total. The third-order valence-electron chi connectivity index (χ3n) is 10.1. The number of nitrogens with two attached hydrogens (primary N) is 3. The van der Waals surface area contributed by atoms with E-state index in [1.165, 1.54) is 0 Å². The summed E-state index contributed by atoms with van der Waals surface area (Å²) < 4.78 is 11.6. The van der Waals surface area contributed by atoms with Crippen LogP contribution in [0.15, 0.2) is 60.7 Å². The van der Waals surface area contributed by atoms with E-state index >= 15 is 0 Å². The fraction of sp³-hybridized carbons (Fsp3) is 0.585. The van der Waals surface area contributed by atoms with Crippen LogP contribution in [0.25, 0.3) is 0 Å². The van der Waals surface area contributed by atoms with Gasteiger partial charge in [0.05, 0.1) is 44.1 Å². The van der Waals surface area contributed by atoms with Crippen molar-refractivity contribution in [2.24, 2.45) is 17.2 Å². The number of carbonyl (C=O) groups excluding carboxylic acids is 4. The lowest BCUT2D eigenvalue weighted by molar-refractivity contribution is -0.141. The zero-order chi connectivity index (χ0) is 43.4. The highest BCUT2D eigenvalue weighted by Gasteiger charge is 2.40. The fourth-order valence-electron chi connectivity index (χ4n) is 6.55. The predicted octanol–water partition coefficient (Wildman–Crippen LogP) is 3.85. The molecule has 0 saturated heterocycles. The highest BCUT2D eigenvalue weighted by Crippen LogP contribution is 2.26. The van der Waals surface area contributed by atoms with Crippen molar-refractivity contribution in [1.29, 1.82) is 0 Å². The number of urea groups is 1. The van der Waals surface area contributed by atoms with Gasteiger partial charge in [-0.15, -0.1) is 0 Å². The van der Waals surface area contributed by atoms with E-state index in [1.54, 1.807) is 27.7 Å². The van der Waals surface area contributed by atoms with Crippen LogP contribution in [0.2, 0.25) is 0 Å².